The molecule has 1 heterocycles. The number of nitrogens with zero attached hydrogens (tertiary/aromatic N) is 1. The van der Waals surface area contributed by atoms with Gasteiger partial charge < -0.3 is 4.74 Å². The van der Waals surface area contributed by atoms with E-state index >= 15 is 0 Å². The molecule has 0 atom stereocenters. The van der Waals surface area contributed by atoms with E-state index in [1.807, 2.05) is 6.21 Å². The third-order valence-corrected chi connectivity index (χ3v) is 1.81. The van der Waals surface area contributed by atoms with Crippen molar-refractivity contribution in [1.82, 2.24) is 0 Å². The maximum atomic E-state index is 5.39. The van der Waals surface area contributed by atoms with E-state index in [2.05, 4.69) is 11.9 Å². The first-order valence-corrected chi connectivity index (χ1v) is 4.15. The summed E-state index contributed by atoms with van der Waals surface area (Å²) in [6.07, 6.45) is 5.26. The number of hydrogen-bond acceptors (Lipinski definition) is 2. The van der Waals surface area contributed by atoms with E-state index < -0.39 is 0 Å². The van der Waals surface area contributed by atoms with Crippen LogP contribution in [-0.4, -0.2) is 19.9 Å². The van der Waals surface area contributed by atoms with Gasteiger partial charge in [0, 0.05) is 13.5 Å². The van der Waals surface area contributed by atoms with Crippen LogP contribution in [0.15, 0.2) is 16.3 Å². The van der Waals surface area contributed by atoms with Crippen LogP contribution in [0.25, 0.3) is 0 Å². The summed E-state index contributed by atoms with van der Waals surface area (Å²) in [4.78, 5) is 3.94. The normalized spacial score (nSPS) is 18.0. The molecule has 0 unspecified atom stereocenters. The van der Waals surface area contributed by atoms with E-state index in [1.165, 1.54) is 12.0 Å². The van der Waals surface area contributed by atoms with Crippen LogP contribution in [0.5, 0.6) is 0 Å². The highest BCUT2D eigenvalue weighted by Gasteiger charge is 2.12. The van der Waals surface area contributed by atoms with Gasteiger partial charge in [0.15, 0.2) is 0 Å². The Bertz CT molecular complexity index is 182. The highest BCUT2D eigenvalue weighted by Crippen LogP contribution is 2.21. The summed E-state index contributed by atoms with van der Waals surface area (Å²) in [6, 6.07) is 0. The first-order valence-electron chi connectivity index (χ1n) is 4.15. The lowest BCUT2D eigenvalue weighted by atomic mass is 10.1. The molecule has 0 bridgehead atoms. The first kappa shape index (κ1) is 8.31. The molecule has 0 fully saturated rings. The van der Waals surface area contributed by atoms with E-state index in [9.17, 15) is 0 Å². The number of allylic oxidation sites excluding steroid dienone is 1. The molecule has 0 aromatic carbocycles. The molecule has 0 aromatic rings. The molecule has 0 amide bonds. The standard InChI is InChI=1S/C9H15NO/c1-3-4-8-5-6-11-9(8)7-10-2/h7H,3-6H2,1-2H3/b10-7-. The van der Waals surface area contributed by atoms with Gasteiger partial charge in [-0.2, -0.15) is 0 Å². The number of rotatable bonds is 3. The summed E-state index contributed by atoms with van der Waals surface area (Å²) in [6.45, 7) is 3.03. The van der Waals surface area contributed by atoms with Crippen LogP contribution in [0.4, 0.5) is 0 Å². The van der Waals surface area contributed by atoms with Gasteiger partial charge in [0.25, 0.3) is 0 Å². The van der Waals surface area contributed by atoms with Crippen molar-refractivity contribution in [3.05, 3.63) is 11.3 Å². The minimum absolute atomic E-state index is 0.844. The third kappa shape index (κ3) is 2.07. The molecule has 0 saturated carbocycles. The van der Waals surface area contributed by atoms with Crippen molar-refractivity contribution in [3.8, 4) is 0 Å². The molecule has 2 nitrogen and oxygen atoms in total. The van der Waals surface area contributed by atoms with E-state index in [1.54, 1.807) is 7.05 Å². The van der Waals surface area contributed by atoms with Gasteiger partial charge >= 0.3 is 0 Å². The highest BCUT2D eigenvalue weighted by atomic mass is 16.5. The Kier molecular flexibility index (Phi) is 3.14. The maximum absolute atomic E-state index is 5.39. The zero-order valence-electron chi connectivity index (χ0n) is 7.26. The summed E-state index contributed by atoms with van der Waals surface area (Å²) < 4.78 is 5.39. The number of aliphatic imine (C=N–C) groups is 1. The molecule has 0 spiro atoms. The minimum Gasteiger partial charge on any atom is -0.492 e. The van der Waals surface area contributed by atoms with E-state index in [-0.39, 0.29) is 0 Å². The molecule has 11 heavy (non-hydrogen) atoms. The van der Waals surface area contributed by atoms with Gasteiger partial charge in [-0.05, 0) is 12.0 Å². The Balaban J connectivity index is 2.61. The van der Waals surface area contributed by atoms with E-state index in [4.69, 9.17) is 4.74 Å². The Morgan fingerprint density at radius 2 is 2.45 bits per heavy atom. The van der Waals surface area contributed by atoms with E-state index in [0.717, 1.165) is 25.2 Å². The average Bonchev–Trinajstić information content (AvgIpc) is 2.39. The molecule has 1 rings (SSSR count). The van der Waals surface area contributed by atoms with E-state index in [0.29, 0.717) is 0 Å². The highest BCUT2D eigenvalue weighted by molar-refractivity contribution is 5.77. The van der Waals surface area contributed by atoms with Crippen molar-refractivity contribution < 1.29 is 4.74 Å². The summed E-state index contributed by atoms with van der Waals surface area (Å²) >= 11 is 0. The predicted octanol–water partition coefficient (Wildman–Crippen LogP) is 2.16. The van der Waals surface area contributed by atoms with Gasteiger partial charge in [0.05, 0.1) is 12.8 Å². The smallest absolute Gasteiger partial charge is 0.136 e. The predicted molar refractivity (Wildman–Crippen MR) is 46.9 cm³/mol. The summed E-state index contributed by atoms with van der Waals surface area (Å²) in [5.41, 5.74) is 1.43. The van der Waals surface area contributed by atoms with Crippen LogP contribution in [0.3, 0.4) is 0 Å². The second kappa shape index (κ2) is 4.16. The van der Waals surface area contributed by atoms with Crippen molar-refractivity contribution in [1.29, 1.82) is 0 Å². The molecular weight excluding hydrogens is 138 g/mol. The van der Waals surface area contributed by atoms with Crippen molar-refractivity contribution in [2.24, 2.45) is 4.99 Å². The molecular formula is C9H15NO. The second-order valence-electron chi connectivity index (χ2n) is 2.70. The molecule has 0 aliphatic carbocycles. The monoisotopic (exact) mass is 153 g/mol. The molecule has 1 aliphatic rings. The van der Waals surface area contributed by atoms with Gasteiger partial charge in [-0.1, -0.05) is 13.3 Å². The Morgan fingerprint density at radius 3 is 3.09 bits per heavy atom. The topological polar surface area (TPSA) is 21.6 Å². The second-order valence-corrected chi connectivity index (χ2v) is 2.70. The third-order valence-electron chi connectivity index (χ3n) is 1.81. The van der Waals surface area contributed by atoms with Crippen molar-refractivity contribution in [3.63, 3.8) is 0 Å². The quantitative estimate of drug-likeness (QED) is 0.569. The molecule has 2 heteroatoms. The maximum Gasteiger partial charge on any atom is 0.136 e. The van der Waals surface area contributed by atoms with Crippen LogP contribution < -0.4 is 0 Å². The number of hydrogen-bond donors (Lipinski definition) is 0. The Labute approximate surface area is 68.0 Å². The molecule has 0 saturated heterocycles. The molecule has 62 valence electrons. The van der Waals surface area contributed by atoms with Crippen molar-refractivity contribution >= 4 is 6.21 Å². The Hall–Kier alpha value is -0.790. The molecule has 1 aliphatic heterocycles. The lowest BCUT2D eigenvalue weighted by Gasteiger charge is -1.97. The van der Waals surface area contributed by atoms with Gasteiger partial charge in [0.1, 0.15) is 5.76 Å². The van der Waals surface area contributed by atoms with Crippen LogP contribution >= 0.6 is 0 Å². The molecule has 0 radical (unpaired) electrons. The SMILES string of the molecule is CCCC1=C(/C=N\C)OCC1. The fourth-order valence-electron chi connectivity index (χ4n) is 1.31. The molecule has 0 N–H and O–H groups in total. The Morgan fingerprint density at radius 1 is 1.64 bits per heavy atom. The van der Waals surface area contributed by atoms with Crippen molar-refractivity contribution in [2.45, 2.75) is 26.2 Å². The lowest BCUT2D eigenvalue weighted by molar-refractivity contribution is 0.265. The fraction of sp³-hybridized carbons (Fsp3) is 0.667. The van der Waals surface area contributed by atoms with Crippen LogP contribution in [0, 0.1) is 0 Å². The average molecular weight is 153 g/mol. The summed E-state index contributed by atoms with van der Waals surface area (Å²) in [5, 5.41) is 0. The zero-order chi connectivity index (χ0) is 8.10. The summed E-state index contributed by atoms with van der Waals surface area (Å²) in [7, 11) is 1.78. The van der Waals surface area contributed by atoms with Gasteiger partial charge in [0.2, 0.25) is 0 Å². The first-order chi connectivity index (χ1) is 5.38. The van der Waals surface area contributed by atoms with Gasteiger partial charge in [-0.25, -0.2) is 0 Å². The largest absolute Gasteiger partial charge is 0.492 e. The zero-order valence-corrected chi connectivity index (χ0v) is 7.26. The fourth-order valence-corrected chi connectivity index (χ4v) is 1.31. The summed E-state index contributed by atoms with van der Waals surface area (Å²) in [5.74, 6) is 1.01. The molecule has 0 aromatic heterocycles. The lowest BCUT2D eigenvalue weighted by Crippen LogP contribution is -1.87. The van der Waals surface area contributed by atoms with Crippen LogP contribution in [0.2, 0.25) is 0 Å². The number of ether oxygens (including phenoxy) is 1. The van der Waals surface area contributed by atoms with Gasteiger partial charge in [-0.3, -0.25) is 4.99 Å². The van der Waals surface area contributed by atoms with Crippen molar-refractivity contribution in [2.75, 3.05) is 13.7 Å². The van der Waals surface area contributed by atoms with Crippen LogP contribution in [-0.2, 0) is 4.74 Å². The van der Waals surface area contributed by atoms with Crippen LogP contribution in [0.1, 0.15) is 26.2 Å². The minimum atomic E-state index is 0.844. The van der Waals surface area contributed by atoms with Gasteiger partial charge in [-0.15, -0.1) is 0 Å².